The van der Waals surface area contributed by atoms with Gasteiger partial charge >= 0.3 is 12.0 Å². The third-order valence-corrected chi connectivity index (χ3v) is 9.60. The summed E-state index contributed by atoms with van der Waals surface area (Å²) in [6.07, 6.45) is 6.35. The Morgan fingerprint density at radius 1 is 0.837 bits per heavy atom. The Balaban J connectivity index is 1.16. The number of carbonyl (C=O) groups excluding carboxylic acids is 2. The van der Waals surface area contributed by atoms with Crippen molar-refractivity contribution in [2.75, 3.05) is 41.0 Å². The smallest absolute Gasteiger partial charge is 0.409 e. The summed E-state index contributed by atoms with van der Waals surface area (Å²) >= 11 is 0. The first-order valence-electron chi connectivity index (χ1n) is 17.0. The van der Waals surface area contributed by atoms with Crippen LogP contribution in [-0.2, 0) is 28.3 Å². The van der Waals surface area contributed by atoms with Crippen LogP contribution < -0.4 is 14.2 Å². The van der Waals surface area contributed by atoms with Crippen LogP contribution in [-0.4, -0.2) is 62.8 Å². The van der Waals surface area contributed by atoms with Gasteiger partial charge in [-0.2, -0.15) is 8.78 Å². The molecule has 1 aromatic heterocycles. The summed E-state index contributed by atoms with van der Waals surface area (Å²) < 4.78 is 52.5. The summed E-state index contributed by atoms with van der Waals surface area (Å²) in [5.41, 5.74) is 2.86. The van der Waals surface area contributed by atoms with Crippen molar-refractivity contribution in [2.45, 2.75) is 57.3 Å². The van der Waals surface area contributed by atoms with Crippen LogP contribution in [0.2, 0.25) is 0 Å². The predicted octanol–water partition coefficient (Wildman–Crippen LogP) is 8.37. The van der Waals surface area contributed by atoms with Crippen molar-refractivity contribution in [3.05, 3.63) is 89.6 Å². The number of benzene rings is 3. The van der Waals surface area contributed by atoms with Crippen molar-refractivity contribution < 1.29 is 37.3 Å². The number of nitrogens with zero attached hydrogens (tertiary/aromatic N) is 1. The third-order valence-electron chi connectivity index (χ3n) is 9.60. The monoisotopic (exact) mass is 676 g/mol. The van der Waals surface area contributed by atoms with Gasteiger partial charge in [-0.1, -0.05) is 61.4 Å². The maximum atomic E-state index is 15.5. The lowest BCUT2D eigenvalue weighted by Gasteiger charge is -2.24. The summed E-state index contributed by atoms with van der Waals surface area (Å²) in [6, 6.07) is 20.4. The zero-order valence-corrected chi connectivity index (χ0v) is 28.5. The highest BCUT2D eigenvalue weighted by Gasteiger charge is 2.42. The quantitative estimate of drug-likeness (QED) is 0.127. The Morgan fingerprint density at radius 3 is 2.20 bits per heavy atom. The van der Waals surface area contributed by atoms with E-state index in [0.29, 0.717) is 45.2 Å². The second-order valence-electron chi connectivity index (χ2n) is 12.8. The Kier molecular flexibility index (Phi) is 12.2. The molecule has 1 N–H and O–H groups in total. The fourth-order valence-corrected chi connectivity index (χ4v) is 6.72. The van der Waals surface area contributed by atoms with Gasteiger partial charge in [0.15, 0.2) is 11.5 Å². The number of rotatable bonds is 15. The van der Waals surface area contributed by atoms with Crippen molar-refractivity contribution in [3.8, 4) is 17.2 Å². The lowest BCUT2D eigenvalue weighted by Crippen LogP contribution is -2.36. The average molecular weight is 677 g/mol. The molecular formula is C39H46F2N2O6. The standard InChI is InChI=1S/C39H46F2N2O6/c1-46-34-23-31(24-35(47-2)37(34)48-3)39(40,41)36(44)22-28-12-9-13-29(17-16-28)26-49-38(45)43(20-18-27-10-5-4-6-11-27)21-19-30-25-42-33-15-8-7-14-32(30)33/h4-8,10-11,14-15,23-25,28-29,42H,9,12-13,16-22,26H2,1-3H3/t28?,29-/m1/s1. The second-order valence-corrected chi connectivity index (χ2v) is 12.8. The number of halogens is 2. The summed E-state index contributed by atoms with van der Waals surface area (Å²) in [6.45, 7) is 1.30. The van der Waals surface area contributed by atoms with Gasteiger partial charge in [-0.25, -0.2) is 4.79 Å². The molecule has 3 aromatic carbocycles. The molecule has 4 aromatic rings. The molecule has 1 aliphatic carbocycles. The number of hydrogen-bond acceptors (Lipinski definition) is 6. The zero-order valence-electron chi connectivity index (χ0n) is 28.5. The van der Waals surface area contributed by atoms with Gasteiger partial charge in [0.25, 0.3) is 0 Å². The van der Waals surface area contributed by atoms with Gasteiger partial charge in [-0.3, -0.25) is 4.79 Å². The average Bonchev–Trinajstić information content (AvgIpc) is 3.41. The number of nitrogens with one attached hydrogen (secondary N) is 1. The number of para-hydroxylation sites is 1. The van der Waals surface area contributed by atoms with Crippen molar-refractivity contribution in [2.24, 2.45) is 11.8 Å². The Hall–Kier alpha value is -4.60. The largest absolute Gasteiger partial charge is 0.493 e. The molecular weight excluding hydrogens is 630 g/mol. The van der Waals surface area contributed by atoms with Gasteiger partial charge in [-0.05, 0) is 73.3 Å². The van der Waals surface area contributed by atoms with E-state index in [0.717, 1.165) is 47.0 Å². The minimum atomic E-state index is -3.72. The summed E-state index contributed by atoms with van der Waals surface area (Å²) in [5, 5.41) is 1.14. The molecule has 49 heavy (non-hydrogen) atoms. The summed E-state index contributed by atoms with van der Waals surface area (Å²) in [4.78, 5) is 31.5. The summed E-state index contributed by atoms with van der Waals surface area (Å²) in [7, 11) is 4.07. The number of amides is 1. The highest BCUT2D eigenvalue weighted by molar-refractivity contribution is 5.87. The van der Waals surface area contributed by atoms with Gasteiger partial charge in [0.1, 0.15) is 0 Å². The van der Waals surface area contributed by atoms with Gasteiger partial charge in [0, 0.05) is 42.2 Å². The van der Waals surface area contributed by atoms with Crippen LogP contribution >= 0.6 is 0 Å². The molecule has 8 nitrogen and oxygen atoms in total. The Labute approximate surface area is 286 Å². The number of aromatic amines is 1. The third kappa shape index (κ3) is 8.90. The number of hydrogen-bond donors (Lipinski definition) is 1. The summed E-state index contributed by atoms with van der Waals surface area (Å²) in [5.74, 6) is -4.63. The molecule has 0 aliphatic heterocycles. The number of aromatic nitrogens is 1. The van der Waals surface area contributed by atoms with Crippen LogP contribution in [0, 0.1) is 11.8 Å². The first-order chi connectivity index (χ1) is 23.7. The molecule has 1 amide bonds. The maximum absolute atomic E-state index is 15.5. The molecule has 5 rings (SSSR count). The number of carbonyl (C=O) groups is 2. The van der Waals surface area contributed by atoms with E-state index in [-0.39, 0.29) is 48.2 Å². The molecule has 1 heterocycles. The van der Waals surface area contributed by atoms with Crippen LogP contribution in [0.3, 0.4) is 0 Å². The van der Waals surface area contributed by atoms with Crippen molar-refractivity contribution in [1.29, 1.82) is 0 Å². The minimum absolute atomic E-state index is 0.0628. The molecule has 0 bridgehead atoms. The Bertz CT molecular complexity index is 1670. The molecule has 1 aliphatic rings. The highest BCUT2D eigenvalue weighted by atomic mass is 19.3. The number of H-pyrrole nitrogens is 1. The van der Waals surface area contributed by atoms with Crippen LogP contribution in [0.4, 0.5) is 13.6 Å². The van der Waals surface area contributed by atoms with E-state index < -0.39 is 17.3 Å². The van der Waals surface area contributed by atoms with Gasteiger partial charge in [0.05, 0.1) is 27.9 Å². The molecule has 1 saturated carbocycles. The van der Waals surface area contributed by atoms with Gasteiger partial charge in [0.2, 0.25) is 11.5 Å². The topological polar surface area (TPSA) is 90.1 Å². The highest BCUT2D eigenvalue weighted by Crippen LogP contribution is 2.44. The van der Waals surface area contributed by atoms with E-state index in [4.69, 9.17) is 18.9 Å². The maximum Gasteiger partial charge on any atom is 0.409 e. The molecule has 10 heteroatoms. The van der Waals surface area contributed by atoms with E-state index in [1.54, 1.807) is 4.90 Å². The number of Topliss-reactive ketones (excluding diaryl/α,β-unsaturated/α-hetero) is 1. The lowest BCUT2D eigenvalue weighted by atomic mass is 9.90. The fourth-order valence-electron chi connectivity index (χ4n) is 6.72. The SMILES string of the molecule is COc1cc(C(F)(F)C(=O)CC2CCC[C@@H](COC(=O)N(CCc3ccccc3)CCc3c[nH]c4ccccc34)CC2)cc(OC)c1OC. The fraction of sp³-hybridized carbons (Fsp3) is 0.436. The van der Waals surface area contributed by atoms with E-state index in [2.05, 4.69) is 23.2 Å². The molecule has 2 atom stereocenters. The van der Waals surface area contributed by atoms with Crippen molar-refractivity contribution >= 4 is 22.8 Å². The lowest BCUT2D eigenvalue weighted by molar-refractivity contribution is -0.145. The van der Waals surface area contributed by atoms with E-state index in [9.17, 15) is 9.59 Å². The molecule has 1 unspecified atom stereocenters. The van der Waals surface area contributed by atoms with Crippen LogP contribution in [0.15, 0.2) is 72.9 Å². The van der Waals surface area contributed by atoms with E-state index in [1.807, 2.05) is 42.6 Å². The number of alkyl halides is 2. The first-order valence-corrected chi connectivity index (χ1v) is 17.0. The van der Waals surface area contributed by atoms with Crippen LogP contribution in [0.25, 0.3) is 10.9 Å². The number of ether oxygens (including phenoxy) is 4. The first kappa shape index (κ1) is 35.7. The van der Waals surface area contributed by atoms with Crippen LogP contribution in [0.5, 0.6) is 17.2 Å². The normalized spacial score (nSPS) is 16.5. The van der Waals surface area contributed by atoms with E-state index >= 15 is 8.78 Å². The molecule has 0 saturated heterocycles. The van der Waals surface area contributed by atoms with E-state index in [1.165, 1.54) is 21.3 Å². The molecule has 0 radical (unpaired) electrons. The number of methoxy groups -OCH3 is 3. The molecule has 262 valence electrons. The number of ketones is 1. The van der Waals surface area contributed by atoms with Crippen molar-refractivity contribution in [3.63, 3.8) is 0 Å². The van der Waals surface area contributed by atoms with Gasteiger partial charge in [-0.15, -0.1) is 0 Å². The van der Waals surface area contributed by atoms with Crippen LogP contribution in [0.1, 0.15) is 55.2 Å². The van der Waals surface area contributed by atoms with Gasteiger partial charge < -0.3 is 28.8 Å². The Morgan fingerprint density at radius 2 is 1.49 bits per heavy atom. The zero-order chi connectivity index (χ0) is 34.8. The number of fused-ring (bicyclic) bond motifs is 1. The molecule has 1 fully saturated rings. The molecule has 0 spiro atoms. The second kappa shape index (κ2) is 16.7. The van der Waals surface area contributed by atoms with Crippen molar-refractivity contribution in [1.82, 2.24) is 9.88 Å². The minimum Gasteiger partial charge on any atom is -0.493 e. The predicted molar refractivity (Wildman–Crippen MR) is 185 cm³/mol.